The third-order valence-electron chi connectivity index (χ3n) is 3.56. The Morgan fingerprint density at radius 3 is 2.67 bits per heavy atom. The van der Waals surface area contributed by atoms with Crippen molar-refractivity contribution in [1.29, 1.82) is 0 Å². The maximum atomic E-state index is 6.12. The molecule has 3 rings (SSSR count). The molecule has 0 bridgehead atoms. The van der Waals surface area contributed by atoms with E-state index in [1.807, 2.05) is 48.5 Å². The number of ether oxygens (including phenoxy) is 2. The number of hydrogen-bond acceptors (Lipinski definition) is 4. The first-order chi connectivity index (χ1) is 10.3. The quantitative estimate of drug-likeness (QED) is 0.848. The molecule has 1 atom stereocenters. The standard InChI is InChI=1S/C17H19NO3/c1-18-11-12-20-15-10-6-9-14(19-2)16(15)17(21-18)13-7-4-3-5-8-13/h3-10,17H,11-12H2,1-2H3. The molecule has 0 spiro atoms. The molecule has 1 heterocycles. The molecule has 2 aromatic rings. The van der Waals surface area contributed by atoms with E-state index >= 15 is 0 Å². The summed E-state index contributed by atoms with van der Waals surface area (Å²) in [6.07, 6.45) is -0.248. The predicted molar refractivity (Wildman–Crippen MR) is 80.5 cm³/mol. The fraction of sp³-hybridized carbons (Fsp3) is 0.294. The van der Waals surface area contributed by atoms with Crippen LogP contribution in [0.1, 0.15) is 17.2 Å². The van der Waals surface area contributed by atoms with E-state index in [2.05, 4.69) is 12.1 Å². The van der Waals surface area contributed by atoms with E-state index < -0.39 is 0 Å². The van der Waals surface area contributed by atoms with Gasteiger partial charge in [0.15, 0.2) is 0 Å². The van der Waals surface area contributed by atoms with Gasteiger partial charge in [0, 0.05) is 7.05 Å². The minimum Gasteiger partial charge on any atom is -0.496 e. The zero-order valence-corrected chi connectivity index (χ0v) is 12.3. The molecule has 0 saturated heterocycles. The summed E-state index contributed by atoms with van der Waals surface area (Å²) in [7, 11) is 3.58. The molecule has 0 aromatic heterocycles. The number of methoxy groups -OCH3 is 1. The summed E-state index contributed by atoms with van der Waals surface area (Å²) in [5, 5.41) is 1.81. The van der Waals surface area contributed by atoms with Crippen LogP contribution in [0.5, 0.6) is 11.5 Å². The molecule has 4 heteroatoms. The van der Waals surface area contributed by atoms with Gasteiger partial charge in [0.05, 0.1) is 19.2 Å². The number of hydrogen-bond donors (Lipinski definition) is 0. The Bertz CT molecular complexity index is 600. The number of fused-ring (bicyclic) bond motifs is 1. The van der Waals surface area contributed by atoms with E-state index in [9.17, 15) is 0 Å². The maximum Gasteiger partial charge on any atom is 0.137 e. The van der Waals surface area contributed by atoms with Crippen LogP contribution in [0.3, 0.4) is 0 Å². The van der Waals surface area contributed by atoms with Gasteiger partial charge in [0.1, 0.15) is 24.2 Å². The zero-order chi connectivity index (χ0) is 14.7. The normalized spacial score (nSPS) is 19.0. The number of rotatable bonds is 2. The summed E-state index contributed by atoms with van der Waals surface area (Å²) in [4.78, 5) is 6.12. The first-order valence-corrected chi connectivity index (χ1v) is 7.02. The van der Waals surface area contributed by atoms with Crippen molar-refractivity contribution in [3.05, 3.63) is 59.7 Å². The number of hydroxylamine groups is 2. The van der Waals surface area contributed by atoms with E-state index in [0.717, 1.165) is 22.6 Å². The fourth-order valence-electron chi connectivity index (χ4n) is 2.51. The molecule has 2 aromatic carbocycles. The highest BCUT2D eigenvalue weighted by Crippen LogP contribution is 2.40. The molecule has 110 valence electrons. The Morgan fingerprint density at radius 2 is 1.90 bits per heavy atom. The Balaban J connectivity index is 2.13. The number of likely N-dealkylation sites (N-methyl/N-ethyl adjacent to an activating group) is 1. The lowest BCUT2D eigenvalue weighted by Gasteiger charge is -2.30. The Hall–Kier alpha value is -2.04. The molecule has 0 fully saturated rings. The molecule has 0 aliphatic carbocycles. The molecule has 0 N–H and O–H groups in total. The maximum absolute atomic E-state index is 6.12. The molecule has 4 nitrogen and oxygen atoms in total. The van der Waals surface area contributed by atoms with Crippen LogP contribution in [0.15, 0.2) is 48.5 Å². The van der Waals surface area contributed by atoms with Gasteiger partial charge in [0.2, 0.25) is 0 Å². The largest absolute Gasteiger partial charge is 0.496 e. The van der Waals surface area contributed by atoms with Crippen LogP contribution < -0.4 is 9.47 Å². The molecular formula is C17H19NO3. The van der Waals surface area contributed by atoms with Crippen molar-refractivity contribution in [1.82, 2.24) is 5.06 Å². The molecule has 21 heavy (non-hydrogen) atoms. The second-order valence-electron chi connectivity index (χ2n) is 4.97. The van der Waals surface area contributed by atoms with Crippen LogP contribution in [0.25, 0.3) is 0 Å². The average molecular weight is 285 g/mol. The van der Waals surface area contributed by atoms with Crippen molar-refractivity contribution >= 4 is 0 Å². The highest BCUT2D eigenvalue weighted by atomic mass is 16.7. The summed E-state index contributed by atoms with van der Waals surface area (Å²) in [5.41, 5.74) is 2.00. The first kappa shape index (κ1) is 13.9. The smallest absolute Gasteiger partial charge is 0.137 e. The van der Waals surface area contributed by atoms with Crippen molar-refractivity contribution in [3.8, 4) is 11.5 Å². The lowest BCUT2D eigenvalue weighted by atomic mass is 9.99. The topological polar surface area (TPSA) is 30.9 Å². The van der Waals surface area contributed by atoms with Gasteiger partial charge in [-0.15, -0.1) is 0 Å². The molecule has 1 aliphatic rings. The average Bonchev–Trinajstić information content (AvgIpc) is 2.51. The van der Waals surface area contributed by atoms with Gasteiger partial charge in [-0.3, -0.25) is 4.84 Å². The van der Waals surface area contributed by atoms with Gasteiger partial charge >= 0.3 is 0 Å². The minimum atomic E-state index is -0.248. The number of nitrogens with zero attached hydrogens (tertiary/aromatic N) is 1. The SMILES string of the molecule is COc1cccc2c1C(c1ccccc1)ON(C)CCO2. The summed E-state index contributed by atoms with van der Waals surface area (Å²) in [6.45, 7) is 1.29. The highest BCUT2D eigenvalue weighted by molar-refractivity contribution is 5.49. The van der Waals surface area contributed by atoms with Crippen LogP contribution in [0.2, 0.25) is 0 Å². The van der Waals surface area contributed by atoms with E-state index in [0.29, 0.717) is 13.2 Å². The van der Waals surface area contributed by atoms with E-state index in [1.54, 1.807) is 7.11 Å². The molecular weight excluding hydrogens is 266 g/mol. The third-order valence-corrected chi connectivity index (χ3v) is 3.56. The third kappa shape index (κ3) is 2.86. The number of benzene rings is 2. The summed E-state index contributed by atoms with van der Waals surface area (Å²) in [5.74, 6) is 1.59. The van der Waals surface area contributed by atoms with E-state index in [1.165, 1.54) is 0 Å². The second kappa shape index (κ2) is 6.16. The zero-order valence-electron chi connectivity index (χ0n) is 12.3. The molecule has 0 amide bonds. The van der Waals surface area contributed by atoms with Crippen molar-refractivity contribution < 1.29 is 14.3 Å². The first-order valence-electron chi connectivity index (χ1n) is 7.02. The van der Waals surface area contributed by atoms with Gasteiger partial charge in [0.25, 0.3) is 0 Å². The van der Waals surface area contributed by atoms with Crippen LogP contribution in [0, 0.1) is 0 Å². The Labute approximate surface area is 124 Å². The Kier molecular flexibility index (Phi) is 4.08. The van der Waals surface area contributed by atoms with Crippen molar-refractivity contribution in [2.24, 2.45) is 0 Å². The van der Waals surface area contributed by atoms with Crippen LogP contribution >= 0.6 is 0 Å². The van der Waals surface area contributed by atoms with Gasteiger partial charge in [-0.05, 0) is 17.7 Å². The lowest BCUT2D eigenvalue weighted by molar-refractivity contribution is -0.178. The summed E-state index contributed by atoms with van der Waals surface area (Å²) < 4.78 is 11.4. The van der Waals surface area contributed by atoms with Gasteiger partial charge in [-0.1, -0.05) is 36.4 Å². The van der Waals surface area contributed by atoms with Gasteiger partial charge < -0.3 is 9.47 Å². The molecule has 0 radical (unpaired) electrons. The van der Waals surface area contributed by atoms with E-state index in [-0.39, 0.29) is 6.10 Å². The van der Waals surface area contributed by atoms with Crippen LogP contribution in [-0.4, -0.2) is 32.4 Å². The fourth-order valence-corrected chi connectivity index (χ4v) is 2.51. The minimum absolute atomic E-state index is 0.248. The van der Waals surface area contributed by atoms with Crippen molar-refractivity contribution in [2.75, 3.05) is 27.3 Å². The van der Waals surface area contributed by atoms with Crippen molar-refractivity contribution in [3.63, 3.8) is 0 Å². The molecule has 1 aliphatic heterocycles. The van der Waals surface area contributed by atoms with E-state index in [4.69, 9.17) is 14.3 Å². The monoisotopic (exact) mass is 285 g/mol. The lowest BCUT2D eigenvalue weighted by Crippen LogP contribution is -2.30. The van der Waals surface area contributed by atoms with Gasteiger partial charge in [-0.2, -0.15) is 5.06 Å². The molecule has 1 unspecified atom stereocenters. The second-order valence-corrected chi connectivity index (χ2v) is 4.97. The highest BCUT2D eigenvalue weighted by Gasteiger charge is 2.27. The van der Waals surface area contributed by atoms with Crippen molar-refractivity contribution in [2.45, 2.75) is 6.10 Å². The Morgan fingerprint density at radius 1 is 1.10 bits per heavy atom. The summed E-state index contributed by atoms with van der Waals surface area (Å²) in [6, 6.07) is 15.9. The summed E-state index contributed by atoms with van der Waals surface area (Å²) >= 11 is 0. The van der Waals surface area contributed by atoms with Gasteiger partial charge in [-0.25, -0.2) is 0 Å². The van der Waals surface area contributed by atoms with Crippen LogP contribution in [0.4, 0.5) is 0 Å². The van der Waals surface area contributed by atoms with Crippen LogP contribution in [-0.2, 0) is 4.84 Å². The molecule has 0 saturated carbocycles. The predicted octanol–water partition coefficient (Wildman–Crippen LogP) is 3.04.